The molecule has 26 heavy (non-hydrogen) atoms. The van der Waals surface area contributed by atoms with Crippen molar-refractivity contribution in [3.05, 3.63) is 71.4 Å². The molecule has 0 spiro atoms. The third-order valence-electron chi connectivity index (χ3n) is 4.92. The summed E-state index contributed by atoms with van der Waals surface area (Å²) in [5.41, 5.74) is 3.39. The summed E-state index contributed by atoms with van der Waals surface area (Å²) < 4.78 is 7.23. The zero-order valence-electron chi connectivity index (χ0n) is 15.0. The summed E-state index contributed by atoms with van der Waals surface area (Å²) in [6, 6.07) is 12.5. The lowest BCUT2D eigenvalue weighted by atomic mass is 10.0. The highest BCUT2D eigenvalue weighted by molar-refractivity contribution is 5.24. The summed E-state index contributed by atoms with van der Waals surface area (Å²) in [5, 5.41) is 18.6. The Morgan fingerprint density at radius 3 is 2.73 bits per heavy atom. The summed E-state index contributed by atoms with van der Waals surface area (Å²) in [7, 11) is 0. The third kappa shape index (κ3) is 4.03. The summed E-state index contributed by atoms with van der Waals surface area (Å²) in [4.78, 5) is 2.31. The van der Waals surface area contributed by atoms with Gasteiger partial charge in [-0.05, 0) is 24.1 Å². The van der Waals surface area contributed by atoms with E-state index >= 15 is 0 Å². The van der Waals surface area contributed by atoms with Crippen LogP contribution in [-0.4, -0.2) is 44.1 Å². The van der Waals surface area contributed by atoms with E-state index in [9.17, 15) is 5.11 Å². The minimum Gasteiger partial charge on any atom is -0.391 e. The first-order valence-electron chi connectivity index (χ1n) is 9.03. The van der Waals surface area contributed by atoms with Crippen LogP contribution in [0.15, 0.2) is 53.3 Å². The van der Waals surface area contributed by atoms with Crippen LogP contribution in [0.4, 0.5) is 0 Å². The standard InChI is InChI=1S/C20H24N4O2/c1-15-8-19(26-22-15)10-18-13-23(14-20(18)25)11-16-4-2-5-17(9-16)12-24-7-3-6-21-24/h2-9,18,20,25H,10-14H2,1H3/t18-,20-/m1/s1. The maximum Gasteiger partial charge on any atom is 0.137 e. The predicted octanol–water partition coefficient (Wildman–Crippen LogP) is 2.26. The van der Waals surface area contributed by atoms with Gasteiger partial charge in [0.05, 0.1) is 18.3 Å². The van der Waals surface area contributed by atoms with Crippen molar-refractivity contribution in [2.45, 2.75) is 32.5 Å². The molecular weight excluding hydrogens is 328 g/mol. The number of benzene rings is 1. The molecule has 2 atom stereocenters. The van der Waals surface area contributed by atoms with E-state index in [-0.39, 0.29) is 12.0 Å². The maximum atomic E-state index is 10.4. The van der Waals surface area contributed by atoms with Crippen molar-refractivity contribution < 1.29 is 9.63 Å². The minimum atomic E-state index is -0.326. The molecule has 136 valence electrons. The zero-order chi connectivity index (χ0) is 17.9. The lowest BCUT2D eigenvalue weighted by Gasteiger charge is -2.16. The zero-order valence-corrected chi connectivity index (χ0v) is 15.0. The van der Waals surface area contributed by atoms with Gasteiger partial charge in [0, 0.05) is 50.4 Å². The number of rotatable bonds is 6. The van der Waals surface area contributed by atoms with Crippen LogP contribution in [0.3, 0.4) is 0 Å². The molecule has 1 fully saturated rings. The predicted molar refractivity (Wildman–Crippen MR) is 97.5 cm³/mol. The Morgan fingerprint density at radius 1 is 1.15 bits per heavy atom. The number of likely N-dealkylation sites (tertiary alicyclic amines) is 1. The average Bonchev–Trinajstić information content (AvgIpc) is 3.32. The molecule has 1 N–H and O–H groups in total. The van der Waals surface area contributed by atoms with Crippen LogP contribution in [-0.2, 0) is 19.5 Å². The quantitative estimate of drug-likeness (QED) is 0.737. The summed E-state index contributed by atoms with van der Waals surface area (Å²) >= 11 is 0. The van der Waals surface area contributed by atoms with Crippen molar-refractivity contribution in [2.24, 2.45) is 5.92 Å². The largest absolute Gasteiger partial charge is 0.391 e. The number of aliphatic hydroxyl groups excluding tert-OH is 1. The molecule has 1 aliphatic heterocycles. The lowest BCUT2D eigenvalue weighted by Crippen LogP contribution is -2.21. The van der Waals surface area contributed by atoms with Crippen molar-refractivity contribution in [1.82, 2.24) is 19.8 Å². The lowest BCUT2D eigenvalue weighted by molar-refractivity contribution is 0.137. The fourth-order valence-electron chi connectivity index (χ4n) is 3.71. The molecule has 0 aliphatic carbocycles. The smallest absolute Gasteiger partial charge is 0.137 e. The van der Waals surface area contributed by atoms with Gasteiger partial charge in [-0.1, -0.05) is 29.4 Å². The van der Waals surface area contributed by atoms with Gasteiger partial charge in [-0.3, -0.25) is 9.58 Å². The van der Waals surface area contributed by atoms with E-state index in [1.54, 1.807) is 6.20 Å². The van der Waals surface area contributed by atoms with Crippen molar-refractivity contribution in [2.75, 3.05) is 13.1 Å². The molecular formula is C20H24N4O2. The number of aryl methyl sites for hydroxylation is 1. The molecule has 6 nitrogen and oxygen atoms in total. The van der Waals surface area contributed by atoms with Crippen LogP contribution in [0.5, 0.6) is 0 Å². The van der Waals surface area contributed by atoms with Gasteiger partial charge in [0.2, 0.25) is 0 Å². The number of aliphatic hydroxyl groups is 1. The van der Waals surface area contributed by atoms with E-state index in [4.69, 9.17) is 4.52 Å². The topological polar surface area (TPSA) is 67.3 Å². The van der Waals surface area contributed by atoms with Gasteiger partial charge in [0.25, 0.3) is 0 Å². The van der Waals surface area contributed by atoms with Crippen LogP contribution < -0.4 is 0 Å². The number of aromatic nitrogens is 3. The monoisotopic (exact) mass is 352 g/mol. The molecule has 3 heterocycles. The van der Waals surface area contributed by atoms with Crippen molar-refractivity contribution >= 4 is 0 Å². The highest BCUT2D eigenvalue weighted by Crippen LogP contribution is 2.23. The summed E-state index contributed by atoms with van der Waals surface area (Å²) in [6.07, 6.45) is 4.18. The SMILES string of the molecule is Cc1cc(C[C@@H]2CN(Cc3cccc(Cn4cccn4)c3)C[C@H]2O)on1. The molecule has 0 amide bonds. The van der Waals surface area contributed by atoms with Crippen LogP contribution >= 0.6 is 0 Å². The number of hydrogen-bond acceptors (Lipinski definition) is 5. The molecule has 0 saturated carbocycles. The molecule has 6 heteroatoms. The van der Waals surface area contributed by atoms with Gasteiger partial charge in [0.15, 0.2) is 0 Å². The fourth-order valence-corrected chi connectivity index (χ4v) is 3.71. The second-order valence-corrected chi connectivity index (χ2v) is 7.18. The Morgan fingerprint density at radius 2 is 2.00 bits per heavy atom. The maximum absolute atomic E-state index is 10.4. The van der Waals surface area contributed by atoms with Crippen LogP contribution in [0.1, 0.15) is 22.6 Å². The molecule has 0 bridgehead atoms. The highest BCUT2D eigenvalue weighted by Gasteiger charge is 2.32. The molecule has 4 rings (SSSR count). The molecule has 0 radical (unpaired) electrons. The summed E-state index contributed by atoms with van der Waals surface area (Å²) in [5.74, 6) is 1.05. The van der Waals surface area contributed by atoms with Gasteiger partial charge < -0.3 is 9.63 Å². The molecule has 1 saturated heterocycles. The number of nitrogens with zero attached hydrogens (tertiary/aromatic N) is 4. The fraction of sp³-hybridized carbons (Fsp3) is 0.400. The van der Waals surface area contributed by atoms with E-state index in [2.05, 4.69) is 39.4 Å². The number of hydrogen-bond donors (Lipinski definition) is 1. The van der Waals surface area contributed by atoms with E-state index in [1.807, 2.05) is 29.9 Å². The first-order valence-corrected chi connectivity index (χ1v) is 9.03. The van der Waals surface area contributed by atoms with Crippen molar-refractivity contribution in [1.29, 1.82) is 0 Å². The molecule has 3 aromatic rings. The van der Waals surface area contributed by atoms with Crippen LogP contribution in [0, 0.1) is 12.8 Å². The van der Waals surface area contributed by atoms with E-state index in [1.165, 1.54) is 11.1 Å². The normalized spacial score (nSPS) is 20.7. The first-order chi connectivity index (χ1) is 12.7. The third-order valence-corrected chi connectivity index (χ3v) is 4.92. The Balaban J connectivity index is 1.37. The van der Waals surface area contributed by atoms with Gasteiger partial charge in [-0.2, -0.15) is 5.10 Å². The van der Waals surface area contributed by atoms with E-state index in [0.717, 1.165) is 37.5 Å². The van der Waals surface area contributed by atoms with Crippen molar-refractivity contribution in [3.63, 3.8) is 0 Å². The second kappa shape index (κ2) is 7.43. The molecule has 1 aliphatic rings. The van der Waals surface area contributed by atoms with Crippen LogP contribution in [0.25, 0.3) is 0 Å². The van der Waals surface area contributed by atoms with E-state index < -0.39 is 0 Å². The van der Waals surface area contributed by atoms with Gasteiger partial charge in [0.1, 0.15) is 5.76 Å². The van der Waals surface area contributed by atoms with Gasteiger partial charge in [-0.25, -0.2) is 0 Å². The average molecular weight is 352 g/mol. The Kier molecular flexibility index (Phi) is 4.86. The van der Waals surface area contributed by atoms with Gasteiger partial charge in [-0.15, -0.1) is 0 Å². The minimum absolute atomic E-state index is 0.189. The Bertz CT molecular complexity index is 843. The highest BCUT2D eigenvalue weighted by atomic mass is 16.5. The molecule has 0 unspecified atom stereocenters. The first kappa shape index (κ1) is 17.0. The Labute approximate surface area is 153 Å². The van der Waals surface area contributed by atoms with Crippen LogP contribution in [0.2, 0.25) is 0 Å². The van der Waals surface area contributed by atoms with Crippen molar-refractivity contribution in [3.8, 4) is 0 Å². The van der Waals surface area contributed by atoms with E-state index in [0.29, 0.717) is 6.54 Å². The molecule has 2 aromatic heterocycles. The summed E-state index contributed by atoms with van der Waals surface area (Å²) in [6.45, 7) is 5.10. The number of β-amino-alcohol motifs (C(OH)–C–C–N with tert-alkyl or cyclic N) is 1. The second-order valence-electron chi connectivity index (χ2n) is 7.18. The Hall–Kier alpha value is -2.44. The molecule has 1 aromatic carbocycles. The van der Waals surface area contributed by atoms with Gasteiger partial charge >= 0.3 is 0 Å².